The molecule has 0 spiro atoms. The lowest BCUT2D eigenvalue weighted by atomic mass is 10.3. The summed E-state index contributed by atoms with van der Waals surface area (Å²) in [6, 6.07) is 0. The Morgan fingerprint density at radius 1 is 1.75 bits per heavy atom. The first-order valence-electron chi connectivity index (χ1n) is 2.55. The number of hydrogen-bond acceptors (Lipinski definition) is 1. The number of ketones is 1. The molecule has 0 heterocycles. The standard InChI is InChI=1S/C6H9IO/c1-3-4-6(7)5(2)8/h4H,3H2,1-2H3/b6-4+. The van der Waals surface area contributed by atoms with E-state index in [1.165, 1.54) is 0 Å². The Labute approximate surface area is 63.3 Å². The van der Waals surface area contributed by atoms with E-state index in [1.807, 2.05) is 35.6 Å². The lowest BCUT2D eigenvalue weighted by molar-refractivity contribution is -0.112. The molecule has 0 aliphatic heterocycles. The van der Waals surface area contributed by atoms with Gasteiger partial charge in [0.2, 0.25) is 0 Å². The molecule has 0 unspecified atom stereocenters. The van der Waals surface area contributed by atoms with Crippen molar-refractivity contribution in [1.29, 1.82) is 0 Å². The van der Waals surface area contributed by atoms with Crippen LogP contribution in [0, 0.1) is 0 Å². The van der Waals surface area contributed by atoms with Gasteiger partial charge in [-0.15, -0.1) is 0 Å². The molecule has 2 heteroatoms. The Morgan fingerprint density at radius 3 is 2.38 bits per heavy atom. The Balaban J connectivity index is 3.80. The highest BCUT2D eigenvalue weighted by molar-refractivity contribution is 14.1. The second-order valence-electron chi connectivity index (χ2n) is 1.52. The minimum absolute atomic E-state index is 0.160. The van der Waals surface area contributed by atoms with E-state index in [1.54, 1.807) is 6.92 Å². The number of rotatable bonds is 2. The highest BCUT2D eigenvalue weighted by atomic mass is 127. The van der Waals surface area contributed by atoms with E-state index in [-0.39, 0.29) is 5.78 Å². The van der Waals surface area contributed by atoms with Gasteiger partial charge in [0.15, 0.2) is 5.78 Å². The summed E-state index contributed by atoms with van der Waals surface area (Å²) in [5.41, 5.74) is 0. The number of hydrogen-bond donors (Lipinski definition) is 0. The summed E-state index contributed by atoms with van der Waals surface area (Å²) in [5.74, 6) is 0.160. The lowest BCUT2D eigenvalue weighted by Gasteiger charge is -1.86. The quantitative estimate of drug-likeness (QED) is 0.519. The summed E-state index contributed by atoms with van der Waals surface area (Å²) in [6.45, 7) is 3.59. The molecule has 8 heavy (non-hydrogen) atoms. The smallest absolute Gasteiger partial charge is 0.165 e. The van der Waals surface area contributed by atoms with Crippen molar-refractivity contribution in [2.45, 2.75) is 20.3 Å². The highest BCUT2D eigenvalue weighted by Crippen LogP contribution is 2.06. The van der Waals surface area contributed by atoms with Crippen LogP contribution in [-0.4, -0.2) is 5.78 Å². The van der Waals surface area contributed by atoms with Gasteiger partial charge in [-0.05, 0) is 35.9 Å². The molecule has 0 amide bonds. The summed E-state index contributed by atoms with van der Waals surface area (Å²) < 4.78 is 0.838. The monoisotopic (exact) mass is 224 g/mol. The van der Waals surface area contributed by atoms with E-state index in [9.17, 15) is 4.79 Å². The second-order valence-corrected chi connectivity index (χ2v) is 2.68. The van der Waals surface area contributed by atoms with Gasteiger partial charge in [0.05, 0.1) is 3.58 Å². The number of Topliss-reactive ketones (excluding diaryl/α,β-unsaturated/α-hetero) is 1. The number of halogens is 1. The van der Waals surface area contributed by atoms with Crippen molar-refractivity contribution in [2.75, 3.05) is 0 Å². The van der Waals surface area contributed by atoms with Crippen LogP contribution < -0.4 is 0 Å². The highest BCUT2D eigenvalue weighted by Gasteiger charge is 1.93. The van der Waals surface area contributed by atoms with E-state index in [0.29, 0.717) is 0 Å². The third-order valence-corrected chi connectivity index (χ3v) is 1.92. The van der Waals surface area contributed by atoms with Crippen LogP contribution >= 0.6 is 22.6 Å². The molecule has 0 atom stereocenters. The predicted octanol–water partition coefficient (Wildman–Crippen LogP) is 2.30. The number of allylic oxidation sites excluding steroid dienone is 2. The van der Waals surface area contributed by atoms with Gasteiger partial charge in [-0.2, -0.15) is 0 Å². The molecule has 46 valence electrons. The van der Waals surface area contributed by atoms with Crippen molar-refractivity contribution < 1.29 is 4.79 Å². The average molecular weight is 224 g/mol. The minimum Gasteiger partial charge on any atom is -0.294 e. The zero-order chi connectivity index (χ0) is 6.57. The van der Waals surface area contributed by atoms with E-state index < -0.39 is 0 Å². The molecule has 0 N–H and O–H groups in total. The molecule has 0 fully saturated rings. The predicted molar refractivity (Wildman–Crippen MR) is 43.1 cm³/mol. The van der Waals surface area contributed by atoms with Gasteiger partial charge in [-0.1, -0.05) is 13.0 Å². The van der Waals surface area contributed by atoms with Gasteiger partial charge in [0.25, 0.3) is 0 Å². The third-order valence-electron chi connectivity index (χ3n) is 0.720. The molecule has 0 saturated carbocycles. The molecule has 0 aromatic rings. The molecular formula is C6H9IO. The maximum absolute atomic E-state index is 10.5. The molecule has 0 bridgehead atoms. The van der Waals surface area contributed by atoms with Gasteiger partial charge in [0, 0.05) is 0 Å². The summed E-state index contributed by atoms with van der Waals surface area (Å²) in [7, 11) is 0. The van der Waals surface area contributed by atoms with Gasteiger partial charge < -0.3 is 0 Å². The molecule has 0 saturated heterocycles. The molecule has 0 aromatic carbocycles. The maximum atomic E-state index is 10.5. The third kappa shape index (κ3) is 3.18. The Kier molecular flexibility index (Phi) is 4.13. The van der Waals surface area contributed by atoms with Crippen molar-refractivity contribution in [2.24, 2.45) is 0 Å². The zero-order valence-electron chi connectivity index (χ0n) is 5.07. The Morgan fingerprint density at radius 2 is 2.25 bits per heavy atom. The van der Waals surface area contributed by atoms with Crippen LogP contribution in [0.15, 0.2) is 9.66 Å². The first-order chi connectivity index (χ1) is 3.68. The van der Waals surface area contributed by atoms with Gasteiger partial charge in [-0.25, -0.2) is 0 Å². The fourth-order valence-corrected chi connectivity index (χ4v) is 0.763. The molecule has 0 rings (SSSR count). The largest absolute Gasteiger partial charge is 0.294 e. The van der Waals surface area contributed by atoms with Crippen LogP contribution in [0.1, 0.15) is 20.3 Å². The molecule has 0 radical (unpaired) electrons. The fraction of sp³-hybridized carbons (Fsp3) is 0.500. The van der Waals surface area contributed by atoms with Crippen LogP contribution in [0.4, 0.5) is 0 Å². The minimum atomic E-state index is 0.160. The molecule has 1 nitrogen and oxygen atoms in total. The van der Waals surface area contributed by atoms with Crippen molar-refractivity contribution in [3.8, 4) is 0 Å². The summed E-state index contributed by atoms with van der Waals surface area (Å²) in [5, 5.41) is 0. The topological polar surface area (TPSA) is 17.1 Å². The van der Waals surface area contributed by atoms with Crippen LogP contribution in [-0.2, 0) is 4.79 Å². The Hall–Kier alpha value is 0.140. The van der Waals surface area contributed by atoms with Crippen molar-refractivity contribution in [3.63, 3.8) is 0 Å². The first kappa shape index (κ1) is 8.14. The maximum Gasteiger partial charge on any atom is 0.165 e. The van der Waals surface area contributed by atoms with Crippen LogP contribution in [0.2, 0.25) is 0 Å². The van der Waals surface area contributed by atoms with Crippen molar-refractivity contribution in [1.82, 2.24) is 0 Å². The van der Waals surface area contributed by atoms with E-state index in [0.717, 1.165) is 10.0 Å². The molecule has 0 aliphatic rings. The Bertz CT molecular complexity index is 116. The van der Waals surface area contributed by atoms with Crippen LogP contribution in [0.5, 0.6) is 0 Å². The van der Waals surface area contributed by atoms with Crippen molar-refractivity contribution >= 4 is 28.4 Å². The summed E-state index contributed by atoms with van der Waals surface area (Å²) >= 11 is 2.04. The van der Waals surface area contributed by atoms with Crippen molar-refractivity contribution in [3.05, 3.63) is 9.66 Å². The van der Waals surface area contributed by atoms with Crippen LogP contribution in [0.3, 0.4) is 0 Å². The number of carbonyl (C=O) groups is 1. The lowest BCUT2D eigenvalue weighted by Crippen LogP contribution is -1.86. The van der Waals surface area contributed by atoms with Gasteiger partial charge in [-0.3, -0.25) is 4.79 Å². The second kappa shape index (κ2) is 4.06. The molecular weight excluding hydrogens is 215 g/mol. The normalized spacial score (nSPS) is 11.6. The SMILES string of the molecule is CC/C=C(/I)C(C)=O. The van der Waals surface area contributed by atoms with Crippen LogP contribution in [0.25, 0.3) is 0 Å². The van der Waals surface area contributed by atoms with E-state index in [2.05, 4.69) is 0 Å². The summed E-state index contributed by atoms with van der Waals surface area (Å²) in [4.78, 5) is 10.5. The fourth-order valence-electron chi connectivity index (χ4n) is 0.323. The van der Waals surface area contributed by atoms with E-state index in [4.69, 9.17) is 0 Å². The number of carbonyl (C=O) groups excluding carboxylic acids is 1. The first-order valence-corrected chi connectivity index (χ1v) is 3.63. The van der Waals surface area contributed by atoms with Gasteiger partial charge >= 0.3 is 0 Å². The van der Waals surface area contributed by atoms with E-state index >= 15 is 0 Å². The van der Waals surface area contributed by atoms with Gasteiger partial charge in [0.1, 0.15) is 0 Å². The average Bonchev–Trinajstić information content (AvgIpc) is 1.67. The zero-order valence-corrected chi connectivity index (χ0v) is 7.23. The summed E-state index contributed by atoms with van der Waals surface area (Å²) in [6.07, 6.45) is 2.86. The molecule has 0 aromatic heterocycles. The molecule has 0 aliphatic carbocycles.